The molecule has 2 aromatic heterocycles. The van der Waals surface area contributed by atoms with E-state index in [9.17, 15) is 5.26 Å². The molecule has 0 saturated carbocycles. The van der Waals surface area contributed by atoms with Crippen LogP contribution in [0, 0.1) is 18.3 Å². The van der Waals surface area contributed by atoms with Crippen LogP contribution in [-0.4, -0.2) is 16.7 Å². The zero-order valence-electron chi connectivity index (χ0n) is 13.9. The fourth-order valence-corrected chi connectivity index (χ4v) is 2.88. The van der Waals surface area contributed by atoms with Crippen LogP contribution in [0.5, 0.6) is 5.75 Å². The van der Waals surface area contributed by atoms with Crippen molar-refractivity contribution < 1.29 is 4.74 Å². The van der Waals surface area contributed by atoms with Crippen LogP contribution >= 0.6 is 0 Å². The van der Waals surface area contributed by atoms with E-state index in [1.807, 2.05) is 61.1 Å². The molecule has 0 amide bonds. The third kappa shape index (κ3) is 2.48. The normalized spacial score (nSPS) is 10.4. The molecule has 3 aromatic rings. The lowest BCUT2D eigenvalue weighted by Gasteiger charge is -2.15. The first-order valence-electron chi connectivity index (χ1n) is 7.53. The van der Waals surface area contributed by atoms with Crippen LogP contribution in [0.25, 0.3) is 22.5 Å². The average molecular weight is 318 g/mol. The number of hydrogen-bond acceptors (Lipinski definition) is 4. The van der Waals surface area contributed by atoms with Gasteiger partial charge in [0.05, 0.1) is 12.8 Å². The van der Waals surface area contributed by atoms with Crippen LogP contribution in [0.4, 0.5) is 5.82 Å². The van der Waals surface area contributed by atoms with Gasteiger partial charge in [0.2, 0.25) is 0 Å². The highest BCUT2D eigenvalue weighted by Crippen LogP contribution is 2.36. The summed E-state index contributed by atoms with van der Waals surface area (Å²) in [7, 11) is 3.57. The number of nitrogens with zero attached hydrogens (tertiary/aromatic N) is 3. The molecule has 24 heavy (non-hydrogen) atoms. The summed E-state index contributed by atoms with van der Waals surface area (Å²) in [6.45, 7) is 1.97. The van der Waals surface area contributed by atoms with E-state index in [1.54, 1.807) is 7.11 Å². The van der Waals surface area contributed by atoms with Gasteiger partial charge in [0.15, 0.2) is 0 Å². The highest BCUT2D eigenvalue weighted by atomic mass is 16.5. The topological polar surface area (TPSA) is 76.9 Å². The van der Waals surface area contributed by atoms with Crippen LogP contribution in [0.3, 0.4) is 0 Å². The van der Waals surface area contributed by atoms with E-state index in [4.69, 9.17) is 10.5 Å². The lowest BCUT2D eigenvalue weighted by Crippen LogP contribution is -2.05. The zero-order valence-corrected chi connectivity index (χ0v) is 13.9. The smallest absolute Gasteiger partial charge is 0.142 e. The maximum absolute atomic E-state index is 9.55. The van der Waals surface area contributed by atoms with Gasteiger partial charge in [-0.05, 0) is 48.9 Å². The molecule has 0 bridgehead atoms. The van der Waals surface area contributed by atoms with Gasteiger partial charge in [-0.1, -0.05) is 0 Å². The molecule has 0 aliphatic carbocycles. The number of nitrogens with two attached hydrogens (primary N) is 1. The van der Waals surface area contributed by atoms with Gasteiger partial charge < -0.3 is 15.0 Å². The van der Waals surface area contributed by atoms with Crippen molar-refractivity contribution >= 4 is 5.82 Å². The fraction of sp³-hybridized carbons (Fsp3) is 0.158. The maximum Gasteiger partial charge on any atom is 0.142 e. The van der Waals surface area contributed by atoms with Crippen LogP contribution in [0.2, 0.25) is 0 Å². The van der Waals surface area contributed by atoms with Gasteiger partial charge in [0.1, 0.15) is 23.2 Å². The van der Waals surface area contributed by atoms with E-state index < -0.39 is 0 Å². The Morgan fingerprint density at radius 1 is 1.21 bits per heavy atom. The Morgan fingerprint density at radius 2 is 1.92 bits per heavy atom. The molecule has 0 radical (unpaired) electrons. The first-order valence-corrected chi connectivity index (χ1v) is 7.53. The van der Waals surface area contributed by atoms with E-state index in [0.717, 1.165) is 33.8 Å². The first kappa shape index (κ1) is 15.6. The number of nitriles is 1. The lowest BCUT2D eigenvalue weighted by atomic mass is 9.96. The zero-order chi connectivity index (χ0) is 17.3. The Bertz CT molecular complexity index is 933. The molecule has 0 atom stereocenters. The third-order valence-corrected chi connectivity index (χ3v) is 4.14. The minimum Gasteiger partial charge on any atom is -0.497 e. The Hall–Kier alpha value is -3.26. The van der Waals surface area contributed by atoms with Crippen molar-refractivity contribution in [2.24, 2.45) is 7.05 Å². The van der Waals surface area contributed by atoms with E-state index in [2.05, 4.69) is 11.1 Å². The summed E-state index contributed by atoms with van der Waals surface area (Å²) in [4.78, 5) is 4.47. The van der Waals surface area contributed by atoms with Crippen molar-refractivity contribution in [1.29, 1.82) is 5.26 Å². The van der Waals surface area contributed by atoms with Gasteiger partial charge in [0.25, 0.3) is 0 Å². The van der Waals surface area contributed by atoms with E-state index >= 15 is 0 Å². The van der Waals surface area contributed by atoms with E-state index in [-0.39, 0.29) is 5.82 Å². The molecule has 5 heteroatoms. The molecule has 0 saturated heterocycles. The molecule has 1 aromatic carbocycles. The molecular formula is C19H18N4O. The molecule has 0 aliphatic rings. The van der Waals surface area contributed by atoms with Crippen molar-refractivity contribution in [2.75, 3.05) is 12.8 Å². The van der Waals surface area contributed by atoms with Gasteiger partial charge in [-0.15, -0.1) is 0 Å². The lowest BCUT2D eigenvalue weighted by molar-refractivity contribution is 0.415. The Labute approximate surface area is 140 Å². The number of pyridine rings is 1. The summed E-state index contributed by atoms with van der Waals surface area (Å²) in [5, 5.41) is 9.55. The number of nitrogen functional groups attached to an aromatic ring is 1. The Kier molecular flexibility index (Phi) is 3.97. The number of hydrogen-bond donors (Lipinski definition) is 1. The molecule has 0 aliphatic heterocycles. The van der Waals surface area contributed by atoms with Gasteiger partial charge >= 0.3 is 0 Å². The molecule has 0 spiro atoms. The van der Waals surface area contributed by atoms with Crippen molar-refractivity contribution in [3.63, 3.8) is 0 Å². The predicted octanol–water partition coefficient (Wildman–Crippen LogP) is 3.53. The summed E-state index contributed by atoms with van der Waals surface area (Å²) < 4.78 is 7.18. The van der Waals surface area contributed by atoms with Crippen molar-refractivity contribution in [2.45, 2.75) is 6.92 Å². The second kappa shape index (κ2) is 6.09. The van der Waals surface area contributed by atoms with Crippen LogP contribution in [0.15, 0.2) is 42.6 Å². The Morgan fingerprint density at radius 3 is 2.46 bits per heavy atom. The summed E-state index contributed by atoms with van der Waals surface area (Å²) >= 11 is 0. The standard InChI is InChI=1S/C19H18N4O/c1-12-17(16-5-4-10-23(16)2)15(11-20)19(21)22-18(12)13-6-8-14(24-3)9-7-13/h4-10H,1-3H3,(H2,21,22). The fourth-order valence-electron chi connectivity index (χ4n) is 2.88. The molecule has 3 rings (SSSR count). The second-order valence-electron chi connectivity index (χ2n) is 5.57. The number of aromatic nitrogens is 2. The molecule has 0 unspecified atom stereocenters. The van der Waals surface area contributed by atoms with Crippen molar-refractivity contribution in [3.05, 3.63) is 53.7 Å². The van der Waals surface area contributed by atoms with Crippen molar-refractivity contribution in [3.8, 4) is 34.3 Å². The largest absolute Gasteiger partial charge is 0.497 e. The summed E-state index contributed by atoms with van der Waals surface area (Å²) in [5.74, 6) is 1.02. The third-order valence-electron chi connectivity index (χ3n) is 4.14. The van der Waals surface area contributed by atoms with Gasteiger partial charge in [-0.2, -0.15) is 5.26 Å². The van der Waals surface area contributed by atoms with Crippen molar-refractivity contribution in [1.82, 2.24) is 9.55 Å². The SMILES string of the molecule is COc1ccc(-c2nc(N)c(C#N)c(-c3cccn3C)c2C)cc1. The van der Waals surface area contributed by atoms with Gasteiger partial charge in [-0.3, -0.25) is 0 Å². The second-order valence-corrected chi connectivity index (χ2v) is 5.57. The molecule has 5 nitrogen and oxygen atoms in total. The number of benzene rings is 1. The number of ether oxygens (including phenoxy) is 1. The molecular weight excluding hydrogens is 300 g/mol. The summed E-state index contributed by atoms with van der Waals surface area (Å²) in [6, 6.07) is 13.8. The van der Waals surface area contributed by atoms with E-state index in [1.165, 1.54) is 0 Å². The predicted molar refractivity (Wildman–Crippen MR) is 94.5 cm³/mol. The number of methoxy groups -OCH3 is 1. The highest BCUT2D eigenvalue weighted by Gasteiger charge is 2.19. The van der Waals surface area contributed by atoms with Crippen LogP contribution < -0.4 is 10.5 Å². The quantitative estimate of drug-likeness (QED) is 0.801. The minimum atomic E-state index is 0.241. The number of anilines is 1. The molecule has 2 N–H and O–H groups in total. The first-order chi connectivity index (χ1) is 11.6. The molecule has 120 valence electrons. The molecule has 0 fully saturated rings. The maximum atomic E-state index is 9.55. The highest BCUT2D eigenvalue weighted by molar-refractivity contribution is 5.83. The Balaban J connectivity index is 2.28. The number of aryl methyl sites for hydroxylation is 1. The van der Waals surface area contributed by atoms with Gasteiger partial charge in [0, 0.05) is 30.1 Å². The monoisotopic (exact) mass is 318 g/mol. The molecule has 2 heterocycles. The summed E-state index contributed by atoms with van der Waals surface area (Å²) in [6.07, 6.45) is 1.94. The van der Waals surface area contributed by atoms with Crippen LogP contribution in [-0.2, 0) is 7.05 Å². The average Bonchev–Trinajstić information content (AvgIpc) is 3.02. The number of rotatable bonds is 3. The van der Waals surface area contributed by atoms with Gasteiger partial charge in [-0.25, -0.2) is 4.98 Å². The minimum absolute atomic E-state index is 0.241. The van der Waals surface area contributed by atoms with E-state index in [0.29, 0.717) is 5.56 Å². The van der Waals surface area contributed by atoms with Crippen LogP contribution in [0.1, 0.15) is 11.1 Å². The summed E-state index contributed by atoms with van der Waals surface area (Å²) in [5.41, 5.74) is 10.9.